The molecule has 0 aliphatic heterocycles. The first kappa shape index (κ1) is 14.4. The van der Waals surface area contributed by atoms with Crippen LogP contribution in [0, 0.1) is 5.41 Å². The minimum Gasteiger partial charge on any atom is -0.497 e. The highest BCUT2D eigenvalue weighted by atomic mass is 79.9. The van der Waals surface area contributed by atoms with Gasteiger partial charge in [-0.15, -0.1) is 0 Å². The molecule has 2 fully saturated rings. The molecule has 1 spiro atoms. The molecule has 20 heavy (non-hydrogen) atoms. The smallest absolute Gasteiger partial charge is 0.118 e. The standard InChI is InChI=1S/C17H23BrO2/c1-19-14-7-5-13(6-8-14)12-20-16-11-15(18)17(16)9-3-2-4-10-17/h5-8,15-16H,2-4,9-12H2,1H3. The van der Waals surface area contributed by atoms with Gasteiger partial charge < -0.3 is 9.47 Å². The van der Waals surface area contributed by atoms with Gasteiger partial charge in [0.1, 0.15) is 5.75 Å². The van der Waals surface area contributed by atoms with E-state index in [2.05, 4.69) is 28.1 Å². The van der Waals surface area contributed by atoms with Crippen molar-refractivity contribution < 1.29 is 9.47 Å². The Morgan fingerprint density at radius 1 is 1.15 bits per heavy atom. The predicted molar refractivity (Wildman–Crippen MR) is 84.4 cm³/mol. The molecular formula is C17H23BrO2. The van der Waals surface area contributed by atoms with Crippen LogP contribution in [0.4, 0.5) is 0 Å². The molecule has 2 aliphatic rings. The lowest BCUT2D eigenvalue weighted by atomic mass is 9.58. The number of hydrogen-bond donors (Lipinski definition) is 0. The number of methoxy groups -OCH3 is 1. The summed E-state index contributed by atoms with van der Waals surface area (Å²) in [5.74, 6) is 0.904. The summed E-state index contributed by atoms with van der Waals surface area (Å²) in [6, 6.07) is 8.19. The Bertz CT molecular complexity index is 437. The third-order valence-electron chi connectivity index (χ3n) is 5.08. The summed E-state index contributed by atoms with van der Waals surface area (Å²) in [5.41, 5.74) is 1.65. The summed E-state index contributed by atoms with van der Waals surface area (Å²) in [4.78, 5) is 0.663. The summed E-state index contributed by atoms with van der Waals surface area (Å²) in [6.07, 6.45) is 8.39. The molecule has 2 atom stereocenters. The first-order valence-corrected chi connectivity index (χ1v) is 8.55. The minimum atomic E-state index is 0.421. The second-order valence-electron chi connectivity index (χ2n) is 6.14. The van der Waals surface area contributed by atoms with Crippen molar-refractivity contribution >= 4 is 15.9 Å². The summed E-state index contributed by atoms with van der Waals surface area (Å²) in [7, 11) is 1.70. The van der Waals surface area contributed by atoms with Crippen LogP contribution in [0.3, 0.4) is 0 Å². The van der Waals surface area contributed by atoms with Gasteiger partial charge in [-0.2, -0.15) is 0 Å². The highest BCUT2D eigenvalue weighted by molar-refractivity contribution is 9.09. The van der Waals surface area contributed by atoms with Gasteiger partial charge in [0.25, 0.3) is 0 Å². The van der Waals surface area contributed by atoms with Crippen molar-refractivity contribution in [3.8, 4) is 5.75 Å². The third-order valence-corrected chi connectivity index (χ3v) is 6.37. The lowest BCUT2D eigenvalue weighted by Gasteiger charge is -2.55. The molecule has 0 N–H and O–H groups in total. The van der Waals surface area contributed by atoms with E-state index in [1.807, 2.05) is 12.1 Å². The van der Waals surface area contributed by atoms with Gasteiger partial charge in [-0.25, -0.2) is 0 Å². The largest absolute Gasteiger partial charge is 0.497 e. The second-order valence-corrected chi connectivity index (χ2v) is 7.25. The molecule has 2 saturated carbocycles. The number of halogens is 1. The summed E-state index contributed by atoms with van der Waals surface area (Å²) in [5, 5.41) is 0. The lowest BCUT2D eigenvalue weighted by Crippen LogP contribution is -2.56. The highest BCUT2D eigenvalue weighted by Crippen LogP contribution is 2.56. The van der Waals surface area contributed by atoms with Crippen molar-refractivity contribution in [3.05, 3.63) is 29.8 Å². The monoisotopic (exact) mass is 338 g/mol. The number of hydrogen-bond acceptors (Lipinski definition) is 2. The van der Waals surface area contributed by atoms with E-state index in [0.29, 0.717) is 16.3 Å². The van der Waals surface area contributed by atoms with E-state index in [1.54, 1.807) is 7.11 Å². The number of ether oxygens (including phenoxy) is 2. The summed E-state index contributed by atoms with van der Waals surface area (Å²) < 4.78 is 11.4. The number of alkyl halides is 1. The fraction of sp³-hybridized carbons (Fsp3) is 0.647. The minimum absolute atomic E-state index is 0.421. The molecule has 2 nitrogen and oxygen atoms in total. The van der Waals surface area contributed by atoms with Crippen molar-refractivity contribution in [3.63, 3.8) is 0 Å². The zero-order valence-corrected chi connectivity index (χ0v) is 13.7. The first-order chi connectivity index (χ1) is 9.74. The molecule has 1 aromatic rings. The molecule has 2 unspecified atom stereocenters. The van der Waals surface area contributed by atoms with E-state index in [4.69, 9.17) is 9.47 Å². The Labute approximate surface area is 130 Å². The highest BCUT2D eigenvalue weighted by Gasteiger charge is 2.54. The maximum absolute atomic E-state index is 6.23. The van der Waals surface area contributed by atoms with Crippen LogP contribution in [0.5, 0.6) is 5.75 Å². The Kier molecular flexibility index (Phi) is 4.37. The average molecular weight is 339 g/mol. The van der Waals surface area contributed by atoms with E-state index >= 15 is 0 Å². The van der Waals surface area contributed by atoms with Crippen LogP contribution >= 0.6 is 15.9 Å². The molecule has 0 aromatic heterocycles. The van der Waals surface area contributed by atoms with Crippen LogP contribution in [-0.2, 0) is 11.3 Å². The van der Waals surface area contributed by atoms with Gasteiger partial charge in [-0.3, -0.25) is 0 Å². The Morgan fingerprint density at radius 3 is 2.45 bits per heavy atom. The van der Waals surface area contributed by atoms with E-state index in [9.17, 15) is 0 Å². The topological polar surface area (TPSA) is 18.5 Å². The zero-order chi connectivity index (χ0) is 14.0. The quantitative estimate of drug-likeness (QED) is 0.741. The maximum Gasteiger partial charge on any atom is 0.118 e. The Hall–Kier alpha value is -0.540. The van der Waals surface area contributed by atoms with Gasteiger partial charge in [0, 0.05) is 10.2 Å². The zero-order valence-electron chi connectivity index (χ0n) is 12.1. The Morgan fingerprint density at radius 2 is 1.85 bits per heavy atom. The Balaban J connectivity index is 1.57. The van der Waals surface area contributed by atoms with Crippen molar-refractivity contribution in [1.82, 2.24) is 0 Å². The van der Waals surface area contributed by atoms with Gasteiger partial charge in [0.2, 0.25) is 0 Å². The summed E-state index contributed by atoms with van der Waals surface area (Å²) in [6.45, 7) is 0.718. The van der Waals surface area contributed by atoms with Crippen molar-refractivity contribution in [2.24, 2.45) is 5.41 Å². The number of rotatable bonds is 4. The molecule has 3 rings (SSSR count). The van der Waals surface area contributed by atoms with Crippen LogP contribution < -0.4 is 4.74 Å². The average Bonchev–Trinajstić information content (AvgIpc) is 2.52. The van der Waals surface area contributed by atoms with Gasteiger partial charge in [-0.05, 0) is 37.0 Å². The van der Waals surface area contributed by atoms with E-state index < -0.39 is 0 Å². The van der Waals surface area contributed by atoms with Crippen LogP contribution in [0.25, 0.3) is 0 Å². The SMILES string of the molecule is COc1ccc(COC2CC(Br)C23CCCCC3)cc1. The van der Waals surface area contributed by atoms with Crippen molar-refractivity contribution in [2.45, 2.75) is 56.1 Å². The van der Waals surface area contributed by atoms with Crippen LogP contribution in [0.2, 0.25) is 0 Å². The van der Waals surface area contributed by atoms with Gasteiger partial charge in [0.05, 0.1) is 19.8 Å². The fourth-order valence-corrected chi connectivity index (χ4v) is 4.79. The predicted octanol–water partition coefficient (Wildman–Crippen LogP) is 4.70. The molecule has 2 aliphatic carbocycles. The van der Waals surface area contributed by atoms with E-state index in [1.165, 1.54) is 37.7 Å². The second kappa shape index (κ2) is 6.07. The van der Waals surface area contributed by atoms with Gasteiger partial charge in [-0.1, -0.05) is 47.3 Å². The molecule has 0 bridgehead atoms. The van der Waals surface area contributed by atoms with Crippen molar-refractivity contribution in [1.29, 1.82) is 0 Å². The molecule has 0 saturated heterocycles. The molecule has 3 heteroatoms. The molecule has 0 amide bonds. The van der Waals surface area contributed by atoms with Crippen LogP contribution in [-0.4, -0.2) is 18.0 Å². The van der Waals surface area contributed by atoms with E-state index in [0.717, 1.165) is 18.8 Å². The van der Waals surface area contributed by atoms with Gasteiger partial charge >= 0.3 is 0 Å². The number of benzene rings is 1. The molecular weight excluding hydrogens is 316 g/mol. The van der Waals surface area contributed by atoms with Crippen molar-refractivity contribution in [2.75, 3.05) is 7.11 Å². The lowest BCUT2D eigenvalue weighted by molar-refractivity contribution is -0.127. The maximum atomic E-state index is 6.23. The first-order valence-electron chi connectivity index (χ1n) is 7.63. The molecule has 1 aromatic carbocycles. The third kappa shape index (κ3) is 2.62. The molecule has 110 valence electrons. The summed E-state index contributed by atoms with van der Waals surface area (Å²) >= 11 is 3.87. The fourth-order valence-electron chi connectivity index (χ4n) is 3.70. The van der Waals surface area contributed by atoms with Crippen LogP contribution in [0.15, 0.2) is 24.3 Å². The molecule has 0 radical (unpaired) electrons. The normalized spacial score (nSPS) is 28.1. The molecule has 0 heterocycles. The van der Waals surface area contributed by atoms with Crippen LogP contribution in [0.1, 0.15) is 44.1 Å². The van der Waals surface area contributed by atoms with E-state index in [-0.39, 0.29) is 0 Å². The van der Waals surface area contributed by atoms with Gasteiger partial charge in [0.15, 0.2) is 0 Å².